The van der Waals surface area contributed by atoms with Crippen molar-refractivity contribution in [1.82, 2.24) is 9.97 Å². The molecule has 2 rings (SSSR count). The van der Waals surface area contributed by atoms with Crippen LogP contribution in [0.15, 0.2) is 42.7 Å². The van der Waals surface area contributed by atoms with Gasteiger partial charge in [-0.1, -0.05) is 6.07 Å². The van der Waals surface area contributed by atoms with E-state index in [1.165, 1.54) is 0 Å². The monoisotopic (exact) mass is 241 g/mol. The third kappa shape index (κ3) is 2.82. The average molecular weight is 241 g/mol. The number of rotatable bonds is 4. The minimum atomic E-state index is -0.0249. The lowest BCUT2D eigenvalue weighted by Gasteiger charge is -2.19. The molecule has 0 unspecified atom stereocenters. The van der Waals surface area contributed by atoms with E-state index in [0.717, 1.165) is 11.4 Å². The lowest BCUT2D eigenvalue weighted by molar-refractivity contribution is 0.883. The number of hydrogen-bond donors (Lipinski definition) is 2. The molecule has 0 fully saturated rings. The largest absolute Gasteiger partial charge is 0.382 e. The van der Waals surface area contributed by atoms with Gasteiger partial charge in [0.05, 0.1) is 12.2 Å². The Morgan fingerprint density at radius 3 is 2.78 bits per heavy atom. The molecule has 0 aliphatic heterocycles. The maximum atomic E-state index is 7.38. The molecular formula is C13H15N5. The predicted molar refractivity (Wildman–Crippen MR) is 71.6 cm³/mol. The second-order valence-electron chi connectivity index (χ2n) is 3.99. The zero-order valence-corrected chi connectivity index (χ0v) is 10.2. The number of amidine groups is 1. The smallest absolute Gasteiger partial charge is 0.141 e. The lowest BCUT2D eigenvalue weighted by Crippen LogP contribution is -2.19. The van der Waals surface area contributed by atoms with E-state index in [1.807, 2.05) is 36.2 Å². The number of pyridine rings is 2. The summed E-state index contributed by atoms with van der Waals surface area (Å²) in [7, 11) is 1.97. The van der Waals surface area contributed by atoms with Crippen LogP contribution in [0.2, 0.25) is 0 Å². The van der Waals surface area contributed by atoms with E-state index in [9.17, 15) is 0 Å². The van der Waals surface area contributed by atoms with Crippen LogP contribution >= 0.6 is 0 Å². The Hall–Kier alpha value is -2.43. The van der Waals surface area contributed by atoms with Gasteiger partial charge in [0.2, 0.25) is 0 Å². The topological polar surface area (TPSA) is 78.9 Å². The number of nitrogens with zero attached hydrogens (tertiary/aromatic N) is 3. The molecule has 0 atom stereocenters. The minimum absolute atomic E-state index is 0.0249. The summed E-state index contributed by atoms with van der Waals surface area (Å²) in [4.78, 5) is 10.4. The molecule has 2 aromatic heterocycles. The van der Waals surface area contributed by atoms with Gasteiger partial charge in [0.1, 0.15) is 11.5 Å². The fourth-order valence-electron chi connectivity index (χ4n) is 1.63. The first kappa shape index (κ1) is 12.0. The Morgan fingerprint density at radius 1 is 1.28 bits per heavy atom. The number of anilines is 1. The second kappa shape index (κ2) is 5.27. The van der Waals surface area contributed by atoms with Crippen molar-refractivity contribution in [2.45, 2.75) is 6.54 Å². The van der Waals surface area contributed by atoms with E-state index < -0.39 is 0 Å². The molecule has 0 bridgehead atoms. The van der Waals surface area contributed by atoms with Crippen LogP contribution in [0, 0.1) is 5.41 Å². The molecule has 0 spiro atoms. The van der Waals surface area contributed by atoms with Crippen molar-refractivity contribution in [3.05, 3.63) is 54.1 Å². The molecule has 0 aliphatic carbocycles. The number of nitrogens with one attached hydrogen (secondary N) is 1. The van der Waals surface area contributed by atoms with Crippen LogP contribution in [-0.4, -0.2) is 22.9 Å². The van der Waals surface area contributed by atoms with Gasteiger partial charge in [-0.3, -0.25) is 15.4 Å². The van der Waals surface area contributed by atoms with Gasteiger partial charge < -0.3 is 10.6 Å². The van der Waals surface area contributed by atoms with Crippen LogP contribution < -0.4 is 10.6 Å². The van der Waals surface area contributed by atoms with Crippen molar-refractivity contribution in [2.75, 3.05) is 11.9 Å². The quantitative estimate of drug-likeness (QED) is 0.626. The van der Waals surface area contributed by atoms with Crippen molar-refractivity contribution in [3.8, 4) is 0 Å². The first-order valence-corrected chi connectivity index (χ1v) is 5.58. The number of hydrogen-bond acceptors (Lipinski definition) is 4. The van der Waals surface area contributed by atoms with Gasteiger partial charge in [0.15, 0.2) is 0 Å². The van der Waals surface area contributed by atoms with E-state index in [1.54, 1.807) is 18.5 Å². The third-order valence-corrected chi connectivity index (χ3v) is 2.59. The summed E-state index contributed by atoms with van der Waals surface area (Å²) < 4.78 is 0. The molecule has 3 N–H and O–H groups in total. The van der Waals surface area contributed by atoms with Crippen molar-refractivity contribution in [1.29, 1.82) is 5.41 Å². The Kier molecular flexibility index (Phi) is 3.52. The molecule has 0 aromatic carbocycles. The number of nitrogens with two attached hydrogens (primary N) is 1. The van der Waals surface area contributed by atoms with Crippen LogP contribution in [0.4, 0.5) is 5.69 Å². The van der Waals surface area contributed by atoms with E-state index in [4.69, 9.17) is 11.1 Å². The molecule has 0 aliphatic rings. The van der Waals surface area contributed by atoms with Crippen LogP contribution in [0.1, 0.15) is 11.4 Å². The summed E-state index contributed by atoms with van der Waals surface area (Å²) in [5.41, 5.74) is 7.86. The van der Waals surface area contributed by atoms with E-state index in [2.05, 4.69) is 9.97 Å². The Morgan fingerprint density at radius 2 is 2.11 bits per heavy atom. The third-order valence-electron chi connectivity index (χ3n) is 2.59. The molecule has 0 radical (unpaired) electrons. The van der Waals surface area contributed by atoms with Gasteiger partial charge in [-0.2, -0.15) is 0 Å². The highest BCUT2D eigenvalue weighted by Crippen LogP contribution is 2.14. The molecule has 0 saturated carbocycles. The SMILES string of the molecule is CN(Cc1ccccn1)c1ccnc(C(=N)N)c1. The molecule has 2 heterocycles. The molecule has 5 heteroatoms. The van der Waals surface area contributed by atoms with E-state index in [0.29, 0.717) is 12.2 Å². The summed E-state index contributed by atoms with van der Waals surface area (Å²) >= 11 is 0. The first-order valence-electron chi connectivity index (χ1n) is 5.58. The highest BCUT2D eigenvalue weighted by atomic mass is 15.1. The highest BCUT2D eigenvalue weighted by molar-refractivity contribution is 5.93. The molecule has 0 saturated heterocycles. The van der Waals surface area contributed by atoms with Gasteiger partial charge in [0.25, 0.3) is 0 Å². The molecule has 5 nitrogen and oxygen atoms in total. The second-order valence-corrected chi connectivity index (χ2v) is 3.99. The Balaban J connectivity index is 2.16. The Bertz CT molecular complexity index is 538. The molecule has 18 heavy (non-hydrogen) atoms. The summed E-state index contributed by atoms with van der Waals surface area (Å²) in [5.74, 6) is -0.0249. The summed E-state index contributed by atoms with van der Waals surface area (Å²) in [6.07, 6.45) is 3.43. The van der Waals surface area contributed by atoms with Crippen molar-refractivity contribution in [2.24, 2.45) is 5.73 Å². The van der Waals surface area contributed by atoms with Gasteiger partial charge >= 0.3 is 0 Å². The van der Waals surface area contributed by atoms with Crippen molar-refractivity contribution >= 4 is 11.5 Å². The van der Waals surface area contributed by atoms with Crippen molar-refractivity contribution < 1.29 is 0 Å². The van der Waals surface area contributed by atoms with Crippen LogP contribution in [-0.2, 0) is 6.54 Å². The van der Waals surface area contributed by atoms with Crippen LogP contribution in [0.5, 0.6) is 0 Å². The van der Waals surface area contributed by atoms with E-state index in [-0.39, 0.29) is 5.84 Å². The maximum Gasteiger partial charge on any atom is 0.141 e. The zero-order valence-electron chi connectivity index (χ0n) is 10.2. The average Bonchev–Trinajstić information content (AvgIpc) is 2.40. The fraction of sp³-hybridized carbons (Fsp3) is 0.154. The normalized spacial score (nSPS) is 10.1. The van der Waals surface area contributed by atoms with Gasteiger partial charge in [-0.25, -0.2) is 0 Å². The predicted octanol–water partition coefficient (Wildman–Crippen LogP) is 1.40. The van der Waals surface area contributed by atoms with Gasteiger partial charge in [-0.05, 0) is 24.3 Å². The van der Waals surface area contributed by atoms with E-state index >= 15 is 0 Å². The fourth-order valence-corrected chi connectivity index (χ4v) is 1.63. The summed E-state index contributed by atoms with van der Waals surface area (Å²) in [5, 5.41) is 7.38. The first-order chi connectivity index (χ1) is 8.66. The standard InChI is InChI=1S/C13H15N5/c1-18(9-10-4-2-3-6-16-10)11-5-7-17-12(8-11)13(14)15/h2-8H,9H2,1H3,(H3,14,15). The Labute approximate surface area is 106 Å². The minimum Gasteiger partial charge on any atom is -0.382 e. The lowest BCUT2D eigenvalue weighted by atomic mass is 10.2. The maximum absolute atomic E-state index is 7.38. The van der Waals surface area contributed by atoms with Gasteiger partial charge in [-0.15, -0.1) is 0 Å². The number of nitrogen functional groups attached to an aromatic ring is 1. The molecule has 92 valence electrons. The number of aromatic nitrogens is 2. The molecular weight excluding hydrogens is 226 g/mol. The highest BCUT2D eigenvalue weighted by Gasteiger charge is 2.05. The molecule has 2 aromatic rings. The zero-order chi connectivity index (χ0) is 13.0. The molecule has 0 amide bonds. The van der Waals surface area contributed by atoms with Gasteiger partial charge in [0, 0.05) is 25.1 Å². The summed E-state index contributed by atoms with van der Waals surface area (Å²) in [6.45, 7) is 0.697. The van der Waals surface area contributed by atoms with Crippen molar-refractivity contribution in [3.63, 3.8) is 0 Å². The summed E-state index contributed by atoms with van der Waals surface area (Å²) in [6, 6.07) is 9.51. The van der Waals surface area contributed by atoms with Crippen LogP contribution in [0.25, 0.3) is 0 Å². The van der Waals surface area contributed by atoms with Crippen LogP contribution in [0.3, 0.4) is 0 Å².